The van der Waals surface area contributed by atoms with Gasteiger partial charge in [-0.3, -0.25) is 4.79 Å². The fourth-order valence-electron chi connectivity index (χ4n) is 5.15. The molecule has 5 rings (SSSR count). The minimum absolute atomic E-state index is 0.185. The Kier molecular flexibility index (Phi) is 7.41. The van der Waals surface area contributed by atoms with E-state index in [1.54, 1.807) is 11.3 Å². The molecule has 0 saturated carbocycles. The SMILES string of the molecule is CC(C)OC1=C(I)CC(c2ncc(-c3cccc4c3CC[C@@H]4NCC(=O)N3CCCC3)s2)C=C1. The molecule has 1 unspecified atom stereocenters. The molecule has 1 saturated heterocycles. The zero-order valence-corrected chi connectivity index (χ0v) is 22.8. The predicted octanol–water partition coefficient (Wildman–Crippen LogP) is 6.12. The first-order valence-corrected chi connectivity index (χ1v) is 14.2. The normalized spacial score (nSPS) is 22.1. The fraction of sp³-hybridized carbons (Fsp3) is 0.481. The number of amides is 1. The van der Waals surface area contributed by atoms with Crippen molar-refractivity contribution in [2.45, 2.75) is 64.0 Å². The molecule has 1 aromatic heterocycles. The molecular weight excluding hydrogens is 557 g/mol. The van der Waals surface area contributed by atoms with Gasteiger partial charge in [-0.05, 0) is 91.3 Å². The number of allylic oxidation sites excluding steroid dienone is 3. The van der Waals surface area contributed by atoms with E-state index in [-0.39, 0.29) is 18.1 Å². The van der Waals surface area contributed by atoms with Crippen LogP contribution in [0.4, 0.5) is 0 Å². The summed E-state index contributed by atoms with van der Waals surface area (Å²) >= 11 is 4.21. The molecule has 0 spiro atoms. The topological polar surface area (TPSA) is 54.5 Å². The Balaban J connectivity index is 1.28. The number of nitrogens with one attached hydrogen (secondary N) is 1. The van der Waals surface area contributed by atoms with Crippen LogP contribution in [0.5, 0.6) is 0 Å². The first-order chi connectivity index (χ1) is 16.5. The Morgan fingerprint density at radius 3 is 2.91 bits per heavy atom. The highest BCUT2D eigenvalue weighted by Gasteiger charge is 2.28. The average molecular weight is 590 g/mol. The van der Waals surface area contributed by atoms with E-state index >= 15 is 0 Å². The molecule has 2 aliphatic carbocycles. The van der Waals surface area contributed by atoms with E-state index in [0.717, 1.165) is 56.0 Å². The van der Waals surface area contributed by atoms with E-state index in [1.807, 2.05) is 11.1 Å². The molecule has 1 N–H and O–H groups in total. The van der Waals surface area contributed by atoms with Gasteiger partial charge in [0.25, 0.3) is 0 Å². The van der Waals surface area contributed by atoms with Crippen LogP contribution in [0.1, 0.15) is 67.6 Å². The predicted molar refractivity (Wildman–Crippen MR) is 146 cm³/mol. The van der Waals surface area contributed by atoms with Crippen LogP contribution in [-0.4, -0.2) is 41.5 Å². The minimum atomic E-state index is 0.185. The molecule has 2 aromatic rings. The Hall–Kier alpha value is -1.71. The molecular formula is C27H32IN3O2S. The molecule has 3 aliphatic rings. The van der Waals surface area contributed by atoms with Gasteiger partial charge >= 0.3 is 0 Å². The number of fused-ring (bicyclic) bond motifs is 1. The molecule has 7 heteroatoms. The summed E-state index contributed by atoms with van der Waals surface area (Å²) in [5.74, 6) is 1.53. The van der Waals surface area contributed by atoms with Crippen molar-refractivity contribution >= 4 is 39.8 Å². The van der Waals surface area contributed by atoms with Gasteiger partial charge in [0, 0.05) is 34.8 Å². The summed E-state index contributed by atoms with van der Waals surface area (Å²) in [5.41, 5.74) is 4.04. The van der Waals surface area contributed by atoms with Gasteiger partial charge in [0.15, 0.2) is 0 Å². The number of nitrogens with zero attached hydrogens (tertiary/aromatic N) is 2. The van der Waals surface area contributed by atoms with Gasteiger partial charge in [-0.15, -0.1) is 11.3 Å². The lowest BCUT2D eigenvalue weighted by molar-refractivity contribution is -0.129. The maximum absolute atomic E-state index is 12.5. The number of hydrogen-bond donors (Lipinski definition) is 1. The second-order valence-electron chi connectivity index (χ2n) is 9.60. The van der Waals surface area contributed by atoms with Crippen LogP contribution in [-0.2, 0) is 16.0 Å². The van der Waals surface area contributed by atoms with Crippen molar-refractivity contribution in [2.24, 2.45) is 0 Å². The second-order valence-corrected chi connectivity index (χ2v) is 12.0. The van der Waals surface area contributed by atoms with Gasteiger partial charge in [0.05, 0.1) is 17.5 Å². The molecule has 34 heavy (non-hydrogen) atoms. The standard InChI is InChI=1S/C27H32IN3O2S/c1-17(2)33-24-11-8-18(14-22(24)28)27-30-15-25(34-27)21-7-5-6-20-19(21)9-10-23(20)29-16-26(32)31-12-3-4-13-31/h5-8,11,15,17-18,23,29H,3-4,9-10,12-14,16H2,1-2H3/t18?,23-/m0/s1. The van der Waals surface area contributed by atoms with E-state index in [0.29, 0.717) is 12.5 Å². The number of aromatic nitrogens is 1. The molecule has 1 aromatic carbocycles. The van der Waals surface area contributed by atoms with Gasteiger partial charge < -0.3 is 15.0 Å². The van der Waals surface area contributed by atoms with E-state index in [4.69, 9.17) is 9.72 Å². The number of rotatable bonds is 7. The summed E-state index contributed by atoms with van der Waals surface area (Å²) in [4.78, 5) is 20.5. The summed E-state index contributed by atoms with van der Waals surface area (Å²) in [7, 11) is 0. The largest absolute Gasteiger partial charge is 0.490 e. The van der Waals surface area contributed by atoms with Crippen molar-refractivity contribution in [2.75, 3.05) is 19.6 Å². The van der Waals surface area contributed by atoms with E-state index in [2.05, 4.69) is 72.1 Å². The van der Waals surface area contributed by atoms with Gasteiger partial charge in [-0.2, -0.15) is 0 Å². The number of carbonyl (C=O) groups excluding carboxylic acids is 1. The molecule has 1 aliphatic heterocycles. The number of benzene rings is 1. The van der Waals surface area contributed by atoms with E-state index in [1.165, 1.54) is 25.1 Å². The van der Waals surface area contributed by atoms with Crippen LogP contribution < -0.4 is 5.32 Å². The molecule has 1 amide bonds. The highest BCUT2D eigenvalue weighted by atomic mass is 127. The fourth-order valence-corrected chi connectivity index (χ4v) is 6.98. The summed E-state index contributed by atoms with van der Waals surface area (Å²) in [6, 6.07) is 6.85. The highest BCUT2D eigenvalue weighted by molar-refractivity contribution is 14.1. The number of hydrogen-bond acceptors (Lipinski definition) is 5. The van der Waals surface area contributed by atoms with Crippen LogP contribution in [0.25, 0.3) is 10.4 Å². The molecule has 2 atom stereocenters. The summed E-state index contributed by atoms with van der Waals surface area (Å²) in [5, 5.41) is 4.70. The number of carbonyl (C=O) groups is 1. The van der Waals surface area contributed by atoms with Crippen molar-refractivity contribution in [3.63, 3.8) is 0 Å². The third-order valence-corrected chi connectivity index (χ3v) is 8.98. The van der Waals surface area contributed by atoms with Gasteiger partial charge in [-0.25, -0.2) is 4.98 Å². The number of thiazole rings is 1. The molecule has 1 fully saturated rings. The number of ether oxygens (including phenoxy) is 1. The highest BCUT2D eigenvalue weighted by Crippen LogP contribution is 2.42. The zero-order valence-electron chi connectivity index (χ0n) is 19.9. The third kappa shape index (κ3) is 5.11. The first kappa shape index (κ1) is 24.0. The molecule has 0 bridgehead atoms. The van der Waals surface area contributed by atoms with Gasteiger partial charge in [-0.1, -0.05) is 24.3 Å². The smallest absolute Gasteiger partial charge is 0.236 e. The van der Waals surface area contributed by atoms with Crippen LogP contribution in [0.2, 0.25) is 0 Å². The lowest BCUT2D eigenvalue weighted by Crippen LogP contribution is -2.37. The van der Waals surface area contributed by atoms with Crippen molar-refractivity contribution < 1.29 is 9.53 Å². The molecule has 0 radical (unpaired) electrons. The first-order valence-electron chi connectivity index (χ1n) is 12.3. The Morgan fingerprint density at radius 1 is 1.32 bits per heavy atom. The zero-order chi connectivity index (χ0) is 23.7. The van der Waals surface area contributed by atoms with E-state index < -0.39 is 0 Å². The van der Waals surface area contributed by atoms with Crippen molar-refractivity contribution in [3.8, 4) is 10.4 Å². The van der Waals surface area contributed by atoms with Crippen molar-refractivity contribution in [3.05, 3.63) is 62.0 Å². The van der Waals surface area contributed by atoms with Crippen LogP contribution in [0.3, 0.4) is 0 Å². The maximum Gasteiger partial charge on any atom is 0.236 e. The third-order valence-electron chi connectivity index (χ3n) is 6.84. The summed E-state index contributed by atoms with van der Waals surface area (Å²) < 4.78 is 7.18. The number of likely N-dealkylation sites (tertiary alicyclic amines) is 1. The Bertz CT molecular complexity index is 1120. The molecule has 180 valence electrons. The van der Waals surface area contributed by atoms with Crippen molar-refractivity contribution in [1.82, 2.24) is 15.2 Å². The van der Waals surface area contributed by atoms with Gasteiger partial charge in [0.1, 0.15) is 10.8 Å². The Labute approximate surface area is 219 Å². The monoisotopic (exact) mass is 589 g/mol. The van der Waals surface area contributed by atoms with E-state index in [9.17, 15) is 4.79 Å². The van der Waals surface area contributed by atoms with Gasteiger partial charge in [0.2, 0.25) is 5.91 Å². The minimum Gasteiger partial charge on any atom is -0.490 e. The van der Waals surface area contributed by atoms with Crippen LogP contribution in [0.15, 0.2) is 45.9 Å². The maximum atomic E-state index is 12.5. The van der Waals surface area contributed by atoms with Crippen LogP contribution in [0, 0.1) is 0 Å². The number of halogens is 1. The summed E-state index contributed by atoms with van der Waals surface area (Å²) in [6.07, 6.45) is 11.9. The quantitative estimate of drug-likeness (QED) is 0.396. The second kappa shape index (κ2) is 10.5. The lowest BCUT2D eigenvalue weighted by atomic mass is 10.0. The van der Waals surface area contributed by atoms with Crippen molar-refractivity contribution in [1.29, 1.82) is 0 Å². The average Bonchev–Trinajstić information content (AvgIpc) is 3.59. The lowest BCUT2D eigenvalue weighted by Gasteiger charge is -2.20. The molecule has 2 heterocycles. The Morgan fingerprint density at radius 2 is 2.15 bits per heavy atom. The molecule has 5 nitrogen and oxygen atoms in total. The summed E-state index contributed by atoms with van der Waals surface area (Å²) in [6.45, 7) is 6.39. The van der Waals surface area contributed by atoms with Crippen LogP contribution >= 0.6 is 33.9 Å².